The molecule has 0 spiro atoms. The van der Waals surface area contributed by atoms with Gasteiger partial charge in [0.15, 0.2) is 16.3 Å². The lowest BCUT2D eigenvalue weighted by Crippen LogP contribution is -2.35. The summed E-state index contributed by atoms with van der Waals surface area (Å²) in [6.07, 6.45) is 0. The molecular weight excluding hydrogens is 394 g/mol. The van der Waals surface area contributed by atoms with Gasteiger partial charge in [-0.05, 0) is 12.1 Å². The number of amides is 3. The van der Waals surface area contributed by atoms with Gasteiger partial charge in [-0.15, -0.1) is 0 Å². The number of benzene rings is 2. The molecule has 0 unspecified atom stereocenters. The summed E-state index contributed by atoms with van der Waals surface area (Å²) in [6.45, 7) is 0.581. The van der Waals surface area contributed by atoms with E-state index in [1.54, 1.807) is 35.9 Å². The van der Waals surface area contributed by atoms with E-state index in [2.05, 4.69) is 4.99 Å². The summed E-state index contributed by atoms with van der Waals surface area (Å²) in [4.78, 5) is 42.9. The molecule has 3 heterocycles. The fraction of sp³-hybridized carbons (Fsp3) is 0.200. The van der Waals surface area contributed by atoms with Gasteiger partial charge in [-0.2, -0.15) is 4.99 Å². The van der Waals surface area contributed by atoms with E-state index in [-0.39, 0.29) is 0 Å². The molecule has 2 aromatic carbocycles. The van der Waals surface area contributed by atoms with Crippen molar-refractivity contribution in [3.05, 3.63) is 52.3 Å². The number of carbonyl (C=O) groups excluding carboxylic acids is 3. The first-order chi connectivity index (χ1) is 14.0. The molecule has 5 rings (SSSR count). The number of imide groups is 1. The summed E-state index contributed by atoms with van der Waals surface area (Å²) in [5.74, 6) is -0.205. The summed E-state index contributed by atoms with van der Waals surface area (Å²) >= 11 is 1.32. The van der Waals surface area contributed by atoms with Gasteiger partial charge in [-0.3, -0.25) is 19.3 Å². The monoisotopic (exact) mass is 409 g/mol. The van der Waals surface area contributed by atoms with E-state index < -0.39 is 24.3 Å². The topological polar surface area (TPSA) is 90.2 Å². The van der Waals surface area contributed by atoms with Gasteiger partial charge >= 0.3 is 0 Å². The van der Waals surface area contributed by atoms with Crippen LogP contribution in [0.1, 0.15) is 20.7 Å². The second kappa shape index (κ2) is 6.56. The van der Waals surface area contributed by atoms with Crippen LogP contribution in [0.3, 0.4) is 0 Å². The summed E-state index contributed by atoms with van der Waals surface area (Å²) in [5, 5.41) is 0. The maximum absolute atomic E-state index is 12.5. The molecule has 8 nitrogen and oxygen atoms in total. The second-order valence-electron chi connectivity index (χ2n) is 6.65. The average Bonchev–Trinajstić information content (AvgIpc) is 3.15. The molecule has 0 fully saturated rings. The zero-order valence-electron chi connectivity index (χ0n) is 15.4. The Bertz CT molecular complexity index is 1240. The SMILES string of the molecule is Cn1c(=NC(=O)CN2C(=O)c3ccccc3C2=O)sc2cc3c(cc21)OCCO3. The first-order valence-electron chi connectivity index (χ1n) is 8.95. The summed E-state index contributed by atoms with van der Waals surface area (Å²) < 4.78 is 13.9. The van der Waals surface area contributed by atoms with Crippen LogP contribution in [0.5, 0.6) is 11.5 Å². The van der Waals surface area contributed by atoms with E-state index in [0.717, 1.165) is 15.1 Å². The molecule has 9 heteroatoms. The molecule has 0 bridgehead atoms. The Kier molecular flexibility index (Phi) is 3.99. The number of nitrogens with zero attached hydrogens (tertiary/aromatic N) is 3. The zero-order chi connectivity index (χ0) is 20.1. The van der Waals surface area contributed by atoms with Crippen molar-refractivity contribution in [1.29, 1.82) is 0 Å². The van der Waals surface area contributed by atoms with Crippen LogP contribution in [0.15, 0.2) is 41.4 Å². The van der Waals surface area contributed by atoms with Crippen molar-refractivity contribution < 1.29 is 23.9 Å². The molecule has 2 aliphatic heterocycles. The first kappa shape index (κ1) is 17.6. The molecule has 2 aliphatic rings. The zero-order valence-corrected chi connectivity index (χ0v) is 16.2. The smallest absolute Gasteiger partial charge is 0.268 e. The van der Waals surface area contributed by atoms with E-state index in [0.29, 0.717) is 40.6 Å². The maximum Gasteiger partial charge on any atom is 0.268 e. The highest BCUT2D eigenvalue weighted by Gasteiger charge is 2.36. The Balaban J connectivity index is 1.46. The third-order valence-corrected chi connectivity index (χ3v) is 5.96. The predicted octanol–water partition coefficient (Wildman–Crippen LogP) is 1.73. The van der Waals surface area contributed by atoms with E-state index in [4.69, 9.17) is 9.47 Å². The fourth-order valence-corrected chi connectivity index (χ4v) is 4.48. The molecular formula is C20H15N3O5S. The highest BCUT2D eigenvalue weighted by molar-refractivity contribution is 7.16. The number of hydrogen-bond donors (Lipinski definition) is 0. The molecule has 0 saturated carbocycles. The van der Waals surface area contributed by atoms with Crippen LogP contribution < -0.4 is 14.3 Å². The maximum atomic E-state index is 12.5. The third-order valence-electron chi connectivity index (χ3n) is 4.87. The van der Waals surface area contributed by atoms with Crippen molar-refractivity contribution in [2.75, 3.05) is 19.8 Å². The second-order valence-corrected chi connectivity index (χ2v) is 7.66. The largest absolute Gasteiger partial charge is 0.486 e. The van der Waals surface area contributed by atoms with Crippen molar-refractivity contribution in [2.24, 2.45) is 12.0 Å². The van der Waals surface area contributed by atoms with E-state index >= 15 is 0 Å². The lowest BCUT2D eigenvalue weighted by atomic mass is 10.1. The van der Waals surface area contributed by atoms with E-state index in [1.807, 2.05) is 12.1 Å². The standard InChI is InChI=1S/C20H15N3O5S/c1-22-13-8-14-15(28-7-6-27-14)9-16(13)29-20(22)21-17(24)10-23-18(25)11-4-2-3-5-12(11)19(23)26/h2-5,8-9H,6-7,10H2,1H3. The number of thiazole rings is 1. The van der Waals surface area contributed by atoms with Crippen molar-refractivity contribution in [3.8, 4) is 11.5 Å². The Morgan fingerprint density at radius 2 is 1.69 bits per heavy atom. The minimum Gasteiger partial charge on any atom is -0.486 e. The number of ether oxygens (including phenoxy) is 2. The van der Waals surface area contributed by atoms with E-state index in [9.17, 15) is 14.4 Å². The predicted molar refractivity (Wildman–Crippen MR) is 104 cm³/mol. The average molecular weight is 409 g/mol. The van der Waals surface area contributed by atoms with Gasteiger partial charge in [-0.1, -0.05) is 23.5 Å². The molecule has 0 aliphatic carbocycles. The molecule has 3 aromatic rings. The van der Waals surface area contributed by atoms with Gasteiger partial charge < -0.3 is 14.0 Å². The molecule has 0 atom stereocenters. The number of fused-ring (bicyclic) bond motifs is 3. The van der Waals surface area contributed by atoms with Gasteiger partial charge in [0.25, 0.3) is 17.7 Å². The fourth-order valence-electron chi connectivity index (χ4n) is 3.43. The number of aromatic nitrogens is 1. The van der Waals surface area contributed by atoms with Gasteiger partial charge in [0.05, 0.1) is 21.3 Å². The van der Waals surface area contributed by atoms with Gasteiger partial charge in [-0.25, -0.2) is 0 Å². The highest BCUT2D eigenvalue weighted by atomic mass is 32.1. The molecule has 0 saturated heterocycles. The van der Waals surface area contributed by atoms with Crippen LogP contribution in [0.4, 0.5) is 0 Å². The highest BCUT2D eigenvalue weighted by Crippen LogP contribution is 2.35. The molecule has 1 aromatic heterocycles. The van der Waals surface area contributed by atoms with Gasteiger partial charge in [0.1, 0.15) is 19.8 Å². The minimum absolute atomic E-state index is 0.309. The Morgan fingerprint density at radius 3 is 2.34 bits per heavy atom. The lowest BCUT2D eigenvalue weighted by Gasteiger charge is -2.18. The number of rotatable bonds is 2. The van der Waals surface area contributed by atoms with Crippen molar-refractivity contribution >= 4 is 39.3 Å². The molecule has 3 amide bonds. The molecule has 146 valence electrons. The molecule has 0 radical (unpaired) electrons. The number of carbonyl (C=O) groups is 3. The molecule has 29 heavy (non-hydrogen) atoms. The van der Waals surface area contributed by atoms with Crippen LogP contribution in [0, 0.1) is 0 Å². The van der Waals surface area contributed by atoms with Crippen LogP contribution in [-0.4, -0.2) is 46.9 Å². The van der Waals surface area contributed by atoms with Crippen LogP contribution in [-0.2, 0) is 11.8 Å². The minimum atomic E-state index is -0.570. The Morgan fingerprint density at radius 1 is 1.07 bits per heavy atom. The van der Waals surface area contributed by atoms with Crippen LogP contribution in [0.25, 0.3) is 10.2 Å². The number of aryl methyl sites for hydroxylation is 1. The van der Waals surface area contributed by atoms with Gasteiger partial charge in [0, 0.05) is 19.2 Å². The quantitative estimate of drug-likeness (QED) is 0.602. The summed E-state index contributed by atoms with van der Waals surface area (Å²) in [5.41, 5.74) is 1.47. The van der Waals surface area contributed by atoms with E-state index in [1.165, 1.54) is 11.3 Å². The lowest BCUT2D eigenvalue weighted by molar-refractivity contribution is -0.118. The summed E-state index contributed by atoms with van der Waals surface area (Å²) in [6, 6.07) is 10.2. The Hall–Kier alpha value is -3.46. The normalized spacial score (nSPS) is 15.9. The summed E-state index contributed by atoms with van der Waals surface area (Å²) in [7, 11) is 1.79. The van der Waals surface area contributed by atoms with Crippen LogP contribution in [0.2, 0.25) is 0 Å². The number of hydrogen-bond acceptors (Lipinski definition) is 6. The first-order valence-corrected chi connectivity index (χ1v) is 9.76. The molecule has 0 N–H and O–H groups in total. The van der Waals surface area contributed by atoms with Crippen molar-refractivity contribution in [3.63, 3.8) is 0 Å². The van der Waals surface area contributed by atoms with Crippen LogP contribution >= 0.6 is 11.3 Å². The third kappa shape index (κ3) is 2.82. The van der Waals surface area contributed by atoms with Gasteiger partial charge in [0.2, 0.25) is 0 Å². The van der Waals surface area contributed by atoms with Crippen molar-refractivity contribution in [2.45, 2.75) is 0 Å². The Labute approximate surface area is 168 Å². The van der Waals surface area contributed by atoms with Crippen molar-refractivity contribution in [1.82, 2.24) is 9.47 Å².